The Morgan fingerprint density at radius 3 is 2.54 bits per heavy atom. The van der Waals surface area contributed by atoms with Crippen molar-refractivity contribution in [1.29, 1.82) is 0 Å². The van der Waals surface area contributed by atoms with Crippen molar-refractivity contribution in [2.75, 3.05) is 18.0 Å². The van der Waals surface area contributed by atoms with Crippen LogP contribution in [0.2, 0.25) is 0 Å². The maximum Gasteiger partial charge on any atom is 0.433 e. The molecule has 5 rings (SSSR count). The predicted octanol–water partition coefficient (Wildman–Crippen LogP) is 2.72. The molecule has 5 heterocycles. The summed E-state index contributed by atoms with van der Waals surface area (Å²) in [5.74, 6) is 0.799. The number of anilines is 1. The normalized spacial score (nSPS) is 24.1. The highest BCUT2D eigenvalue weighted by Crippen LogP contribution is 2.38. The van der Waals surface area contributed by atoms with Crippen LogP contribution in [0, 0.1) is 6.92 Å². The summed E-state index contributed by atoms with van der Waals surface area (Å²) in [5, 5.41) is 0.976. The second-order valence-corrected chi connectivity index (χ2v) is 7.05. The Balaban J connectivity index is 1.39. The summed E-state index contributed by atoms with van der Waals surface area (Å²) in [7, 11) is 0. The van der Waals surface area contributed by atoms with Crippen LogP contribution in [0.15, 0.2) is 18.3 Å². The summed E-state index contributed by atoms with van der Waals surface area (Å²) in [6, 6.07) is 3.40. The number of fused-ring (bicyclic) bond motifs is 2. The Bertz CT molecular complexity index is 717. The zero-order chi connectivity index (χ0) is 16.9. The number of pyridine rings is 1. The van der Waals surface area contributed by atoms with Crippen molar-refractivity contribution in [3.63, 3.8) is 0 Å². The molecule has 3 saturated heterocycles. The number of piperidine rings is 1. The molecule has 2 aromatic heterocycles. The summed E-state index contributed by atoms with van der Waals surface area (Å²) in [6.07, 6.45) is -1.92. The number of halogens is 3. The van der Waals surface area contributed by atoms with Gasteiger partial charge in [-0.25, -0.2) is 4.98 Å². The lowest BCUT2D eigenvalue weighted by Crippen LogP contribution is -2.68. The molecule has 0 saturated carbocycles. The molecule has 0 amide bonds. The van der Waals surface area contributed by atoms with Gasteiger partial charge in [0.1, 0.15) is 11.5 Å². The van der Waals surface area contributed by atoms with E-state index in [0.717, 1.165) is 42.1 Å². The first kappa shape index (κ1) is 15.8. The third kappa shape index (κ3) is 2.86. The molecule has 2 unspecified atom stereocenters. The van der Waals surface area contributed by atoms with Gasteiger partial charge in [0.05, 0.1) is 0 Å². The van der Waals surface area contributed by atoms with Gasteiger partial charge in [-0.05, 0) is 25.0 Å². The summed E-state index contributed by atoms with van der Waals surface area (Å²) < 4.78 is 41.9. The van der Waals surface area contributed by atoms with E-state index < -0.39 is 11.9 Å². The lowest BCUT2D eigenvalue weighted by molar-refractivity contribution is -0.141. The van der Waals surface area contributed by atoms with Gasteiger partial charge in [0.25, 0.3) is 0 Å². The fourth-order valence-electron chi connectivity index (χ4n) is 3.47. The number of nitrogens with zero attached hydrogens (tertiary/aromatic N) is 5. The second kappa shape index (κ2) is 5.66. The summed E-state index contributed by atoms with van der Waals surface area (Å²) in [6.45, 7) is 4.28. The summed E-state index contributed by atoms with van der Waals surface area (Å²) in [4.78, 5) is 12.6. The number of hydrogen-bond donors (Lipinski definition) is 0. The standard InChI is InChI=1S/C15H16F3N5S/c1-9-20-14(24-21-9)23-11-4-12(23)8-22(7-11)6-10-2-3-13(19-5-10)15(16,17)18/h2-3,5,11-12H,4,6-8H2,1H3. The van der Waals surface area contributed by atoms with Gasteiger partial charge in [0.15, 0.2) is 0 Å². The average molecular weight is 355 g/mol. The highest BCUT2D eigenvalue weighted by molar-refractivity contribution is 7.09. The fourth-order valence-corrected chi connectivity index (χ4v) is 4.29. The summed E-state index contributed by atoms with van der Waals surface area (Å²) in [5.41, 5.74) is -0.0341. The SMILES string of the molecule is Cc1nsc(N2C3CC2CN(Cc2ccc(C(F)(F)F)nc2)C3)n1. The maximum absolute atomic E-state index is 12.6. The molecule has 9 heteroatoms. The second-order valence-electron chi connectivity index (χ2n) is 6.32. The van der Waals surface area contributed by atoms with Crippen LogP contribution in [0.1, 0.15) is 23.5 Å². The number of aryl methyl sites for hydroxylation is 1. The Kier molecular flexibility index (Phi) is 3.72. The molecule has 0 aromatic carbocycles. The molecule has 128 valence electrons. The van der Waals surface area contributed by atoms with Crippen molar-refractivity contribution in [2.45, 2.75) is 38.1 Å². The van der Waals surface area contributed by atoms with E-state index in [-0.39, 0.29) is 0 Å². The highest BCUT2D eigenvalue weighted by atomic mass is 32.1. The minimum Gasteiger partial charge on any atom is -0.338 e. The van der Waals surface area contributed by atoms with Crippen molar-refractivity contribution >= 4 is 16.7 Å². The molecule has 0 N–H and O–H groups in total. The molecule has 2 aromatic rings. The molecule has 3 fully saturated rings. The van der Waals surface area contributed by atoms with E-state index in [1.54, 1.807) is 0 Å². The van der Waals surface area contributed by atoms with Gasteiger partial charge >= 0.3 is 6.18 Å². The number of alkyl halides is 3. The first-order valence-corrected chi connectivity index (χ1v) is 8.50. The Hall–Kier alpha value is -1.74. The van der Waals surface area contributed by atoms with Gasteiger partial charge in [0, 0.05) is 49.4 Å². The Labute approximate surface area is 141 Å². The van der Waals surface area contributed by atoms with Crippen molar-refractivity contribution in [1.82, 2.24) is 19.2 Å². The number of aromatic nitrogens is 3. The maximum atomic E-state index is 12.6. The van der Waals surface area contributed by atoms with E-state index >= 15 is 0 Å². The molecular formula is C15H16F3N5S. The van der Waals surface area contributed by atoms with Gasteiger partial charge in [-0.1, -0.05) is 6.07 Å². The van der Waals surface area contributed by atoms with Crippen LogP contribution in [0.3, 0.4) is 0 Å². The minimum atomic E-state index is -4.38. The van der Waals surface area contributed by atoms with Crippen LogP contribution in [0.5, 0.6) is 0 Å². The highest BCUT2D eigenvalue weighted by Gasteiger charge is 2.45. The lowest BCUT2D eigenvalue weighted by Gasteiger charge is -2.56. The minimum absolute atomic E-state index is 0.415. The van der Waals surface area contributed by atoms with Gasteiger partial charge in [-0.15, -0.1) is 0 Å². The van der Waals surface area contributed by atoms with E-state index in [4.69, 9.17) is 0 Å². The molecule has 24 heavy (non-hydrogen) atoms. The van der Waals surface area contributed by atoms with Gasteiger partial charge in [0.2, 0.25) is 5.13 Å². The molecule has 0 radical (unpaired) electrons. The first-order valence-electron chi connectivity index (χ1n) is 7.73. The molecular weight excluding hydrogens is 339 g/mol. The van der Waals surface area contributed by atoms with Crippen LogP contribution in [0.25, 0.3) is 0 Å². The molecule has 0 spiro atoms. The summed E-state index contributed by atoms with van der Waals surface area (Å²) >= 11 is 1.43. The van der Waals surface area contributed by atoms with E-state index in [9.17, 15) is 13.2 Å². The number of hydrogen-bond acceptors (Lipinski definition) is 6. The first-order chi connectivity index (χ1) is 11.4. The van der Waals surface area contributed by atoms with Crippen LogP contribution < -0.4 is 4.90 Å². The topological polar surface area (TPSA) is 45.2 Å². The zero-order valence-corrected chi connectivity index (χ0v) is 13.8. The van der Waals surface area contributed by atoms with E-state index in [1.807, 2.05) is 6.92 Å². The van der Waals surface area contributed by atoms with Crippen LogP contribution >= 0.6 is 11.5 Å². The lowest BCUT2D eigenvalue weighted by atomic mass is 9.88. The smallest absolute Gasteiger partial charge is 0.338 e. The largest absolute Gasteiger partial charge is 0.433 e. The molecule has 3 aliphatic heterocycles. The van der Waals surface area contributed by atoms with Crippen molar-refractivity contribution in [2.24, 2.45) is 0 Å². The van der Waals surface area contributed by atoms with Crippen LogP contribution in [-0.2, 0) is 12.7 Å². The Morgan fingerprint density at radius 1 is 1.25 bits per heavy atom. The van der Waals surface area contributed by atoms with E-state index in [1.165, 1.54) is 23.8 Å². The third-order valence-corrected chi connectivity index (χ3v) is 5.35. The molecule has 3 aliphatic rings. The number of piperazine rings is 1. The van der Waals surface area contributed by atoms with Gasteiger partial charge in [-0.2, -0.15) is 17.5 Å². The van der Waals surface area contributed by atoms with Crippen molar-refractivity contribution in [3.05, 3.63) is 35.4 Å². The monoisotopic (exact) mass is 355 g/mol. The van der Waals surface area contributed by atoms with Gasteiger partial charge in [-0.3, -0.25) is 9.88 Å². The number of rotatable bonds is 3. The molecule has 2 atom stereocenters. The van der Waals surface area contributed by atoms with Gasteiger partial charge < -0.3 is 4.90 Å². The van der Waals surface area contributed by atoms with Crippen LogP contribution in [0.4, 0.5) is 18.3 Å². The molecule has 5 nitrogen and oxygen atoms in total. The van der Waals surface area contributed by atoms with Crippen LogP contribution in [-0.4, -0.2) is 44.4 Å². The Morgan fingerprint density at radius 2 is 2.00 bits per heavy atom. The van der Waals surface area contributed by atoms with Crippen molar-refractivity contribution in [3.8, 4) is 0 Å². The van der Waals surface area contributed by atoms with E-state index in [0.29, 0.717) is 18.6 Å². The predicted molar refractivity (Wildman–Crippen MR) is 83.8 cm³/mol. The quantitative estimate of drug-likeness (QED) is 0.847. The average Bonchev–Trinajstić information content (AvgIpc) is 2.92. The molecule has 2 bridgehead atoms. The third-order valence-electron chi connectivity index (χ3n) is 4.53. The van der Waals surface area contributed by atoms with E-state index in [2.05, 4.69) is 24.1 Å². The van der Waals surface area contributed by atoms with Crippen molar-refractivity contribution < 1.29 is 13.2 Å². The molecule has 0 aliphatic carbocycles. The zero-order valence-electron chi connectivity index (χ0n) is 13.0. The fraction of sp³-hybridized carbons (Fsp3) is 0.533.